The molecule has 0 amide bonds. The van der Waals surface area contributed by atoms with Crippen LogP contribution in [0.15, 0.2) is 18.2 Å². The summed E-state index contributed by atoms with van der Waals surface area (Å²) in [6, 6.07) is 5.51. The van der Waals surface area contributed by atoms with Crippen molar-refractivity contribution in [1.82, 2.24) is 4.72 Å². The van der Waals surface area contributed by atoms with E-state index in [1.165, 1.54) is 0 Å². The van der Waals surface area contributed by atoms with E-state index >= 15 is 0 Å². The first kappa shape index (κ1) is 14.3. The molecule has 19 heavy (non-hydrogen) atoms. The monoisotopic (exact) mass is 285 g/mol. The van der Waals surface area contributed by atoms with Gasteiger partial charge in [0.2, 0.25) is 10.0 Å². The van der Waals surface area contributed by atoms with Crippen LogP contribution in [0.25, 0.3) is 0 Å². The summed E-state index contributed by atoms with van der Waals surface area (Å²) in [5, 5.41) is 10.7. The van der Waals surface area contributed by atoms with Gasteiger partial charge in [-0.3, -0.25) is 0 Å². The van der Waals surface area contributed by atoms with Crippen molar-refractivity contribution in [2.45, 2.75) is 24.9 Å². The molecule has 1 aliphatic rings. The van der Waals surface area contributed by atoms with E-state index in [-0.39, 0.29) is 6.54 Å². The molecule has 2 N–H and O–H groups in total. The molecule has 6 heteroatoms. The number of methoxy groups -OCH3 is 1. The fourth-order valence-corrected chi connectivity index (χ4v) is 3.00. The maximum Gasteiger partial charge on any atom is 0.208 e. The van der Waals surface area contributed by atoms with Gasteiger partial charge in [-0.15, -0.1) is 0 Å². The molecule has 0 saturated heterocycles. The van der Waals surface area contributed by atoms with E-state index in [1.54, 1.807) is 13.2 Å². The Morgan fingerprint density at radius 3 is 2.84 bits per heavy atom. The second-order valence-electron chi connectivity index (χ2n) is 5.00. The van der Waals surface area contributed by atoms with Gasteiger partial charge in [0.05, 0.1) is 13.4 Å². The molecule has 0 fully saturated rings. The Morgan fingerprint density at radius 2 is 2.21 bits per heavy atom. The smallest absolute Gasteiger partial charge is 0.208 e. The van der Waals surface area contributed by atoms with Crippen LogP contribution in [0.1, 0.15) is 24.0 Å². The van der Waals surface area contributed by atoms with Crippen molar-refractivity contribution in [1.29, 1.82) is 0 Å². The normalized spacial score (nSPS) is 22.9. The average Bonchev–Trinajstić information content (AvgIpc) is 2.36. The minimum atomic E-state index is -3.31. The first-order chi connectivity index (χ1) is 8.84. The third-order valence-corrected chi connectivity index (χ3v) is 4.15. The van der Waals surface area contributed by atoms with Crippen LogP contribution < -0.4 is 9.46 Å². The number of ether oxygens (including phenoxy) is 1. The third kappa shape index (κ3) is 3.26. The lowest BCUT2D eigenvalue weighted by atomic mass is 9.79. The highest BCUT2D eigenvalue weighted by molar-refractivity contribution is 7.88. The Labute approximate surface area is 113 Å². The zero-order valence-electron chi connectivity index (χ0n) is 11.1. The largest absolute Gasteiger partial charge is 0.497 e. The number of nitrogens with one attached hydrogen (secondary N) is 1. The number of rotatable bonds is 4. The van der Waals surface area contributed by atoms with Gasteiger partial charge in [0, 0.05) is 6.54 Å². The maximum atomic E-state index is 11.2. The first-order valence-corrected chi connectivity index (χ1v) is 8.08. The van der Waals surface area contributed by atoms with Crippen molar-refractivity contribution in [2.24, 2.45) is 0 Å². The predicted molar refractivity (Wildman–Crippen MR) is 72.7 cm³/mol. The second kappa shape index (κ2) is 5.11. The Bertz CT molecular complexity index is 570. The number of aliphatic hydroxyl groups is 1. The van der Waals surface area contributed by atoms with Crippen molar-refractivity contribution in [3.05, 3.63) is 29.3 Å². The number of hydrogen-bond acceptors (Lipinski definition) is 4. The van der Waals surface area contributed by atoms with Crippen molar-refractivity contribution in [3.63, 3.8) is 0 Å². The highest BCUT2D eigenvalue weighted by Gasteiger charge is 2.35. The molecule has 1 aromatic rings. The molecule has 0 radical (unpaired) electrons. The van der Waals surface area contributed by atoms with Gasteiger partial charge in [-0.25, -0.2) is 13.1 Å². The van der Waals surface area contributed by atoms with Crippen LogP contribution >= 0.6 is 0 Å². The van der Waals surface area contributed by atoms with E-state index in [4.69, 9.17) is 4.74 Å². The van der Waals surface area contributed by atoms with Gasteiger partial charge in [0.25, 0.3) is 0 Å². The second-order valence-corrected chi connectivity index (χ2v) is 6.83. The van der Waals surface area contributed by atoms with E-state index < -0.39 is 15.6 Å². The minimum absolute atomic E-state index is 0.00512. The van der Waals surface area contributed by atoms with E-state index in [1.807, 2.05) is 12.1 Å². The molecule has 0 unspecified atom stereocenters. The van der Waals surface area contributed by atoms with Crippen molar-refractivity contribution in [3.8, 4) is 5.75 Å². The lowest BCUT2D eigenvalue weighted by Crippen LogP contribution is -2.42. The Hall–Kier alpha value is -1.11. The predicted octanol–water partition coefficient (Wildman–Crippen LogP) is 0.768. The van der Waals surface area contributed by atoms with Crippen molar-refractivity contribution < 1.29 is 18.3 Å². The maximum absolute atomic E-state index is 11.2. The van der Waals surface area contributed by atoms with Gasteiger partial charge in [0.1, 0.15) is 11.4 Å². The zero-order valence-corrected chi connectivity index (χ0v) is 12.0. The molecule has 1 aliphatic carbocycles. The van der Waals surface area contributed by atoms with Crippen LogP contribution in [0.2, 0.25) is 0 Å². The summed E-state index contributed by atoms with van der Waals surface area (Å²) in [4.78, 5) is 0. The Balaban J connectivity index is 2.30. The van der Waals surface area contributed by atoms with Gasteiger partial charge in [-0.05, 0) is 42.5 Å². The quantitative estimate of drug-likeness (QED) is 0.857. The number of fused-ring (bicyclic) bond motifs is 1. The molecule has 2 rings (SSSR count). The summed E-state index contributed by atoms with van der Waals surface area (Å²) in [6.45, 7) is 0.00512. The highest BCUT2D eigenvalue weighted by Crippen LogP contribution is 2.36. The topological polar surface area (TPSA) is 75.6 Å². The molecule has 106 valence electrons. The molecule has 0 spiro atoms. The summed E-state index contributed by atoms with van der Waals surface area (Å²) in [5.41, 5.74) is 0.669. The summed E-state index contributed by atoms with van der Waals surface area (Å²) in [6.07, 6.45) is 3.33. The number of benzene rings is 1. The Morgan fingerprint density at radius 1 is 1.47 bits per heavy atom. The molecule has 0 aromatic heterocycles. The third-order valence-electron chi connectivity index (χ3n) is 3.48. The molecule has 0 bridgehead atoms. The van der Waals surface area contributed by atoms with E-state index in [0.717, 1.165) is 36.0 Å². The average molecular weight is 285 g/mol. The molecular formula is C13H19NO4S. The minimum Gasteiger partial charge on any atom is -0.497 e. The van der Waals surface area contributed by atoms with Crippen LogP contribution in [-0.2, 0) is 22.0 Å². The van der Waals surface area contributed by atoms with Crippen molar-refractivity contribution in [2.75, 3.05) is 19.9 Å². The molecule has 5 nitrogen and oxygen atoms in total. The number of hydrogen-bond donors (Lipinski definition) is 2. The summed E-state index contributed by atoms with van der Waals surface area (Å²) >= 11 is 0. The lowest BCUT2D eigenvalue weighted by Gasteiger charge is -2.34. The highest BCUT2D eigenvalue weighted by atomic mass is 32.2. The van der Waals surface area contributed by atoms with E-state index in [9.17, 15) is 13.5 Å². The zero-order chi connectivity index (χ0) is 14.1. The summed E-state index contributed by atoms with van der Waals surface area (Å²) in [5.74, 6) is 0.749. The van der Waals surface area contributed by atoms with Crippen LogP contribution in [0.3, 0.4) is 0 Å². The fourth-order valence-electron chi connectivity index (χ4n) is 2.50. The fraction of sp³-hybridized carbons (Fsp3) is 0.538. The summed E-state index contributed by atoms with van der Waals surface area (Å²) < 4.78 is 29.9. The molecule has 0 aliphatic heterocycles. The van der Waals surface area contributed by atoms with Gasteiger partial charge < -0.3 is 9.84 Å². The van der Waals surface area contributed by atoms with Crippen LogP contribution in [-0.4, -0.2) is 33.4 Å². The number of sulfonamides is 1. The van der Waals surface area contributed by atoms with Crippen LogP contribution in [0, 0.1) is 0 Å². The molecule has 0 heterocycles. The molecule has 1 aromatic carbocycles. The lowest BCUT2D eigenvalue weighted by molar-refractivity contribution is 0.0243. The summed E-state index contributed by atoms with van der Waals surface area (Å²) in [7, 11) is -1.71. The van der Waals surface area contributed by atoms with Crippen molar-refractivity contribution >= 4 is 10.0 Å². The van der Waals surface area contributed by atoms with Gasteiger partial charge in [0.15, 0.2) is 0 Å². The standard InChI is InChI=1S/C13H19NO4S/c1-18-11-5-6-12-10(8-11)4-3-7-13(12,15)9-14-19(2,16)17/h5-6,8,14-15H,3-4,7,9H2,1-2H3/t13-/m0/s1. The van der Waals surface area contributed by atoms with E-state index in [2.05, 4.69) is 4.72 Å². The molecule has 0 saturated carbocycles. The SMILES string of the molecule is COc1ccc2c(c1)CCC[C@]2(O)CNS(C)(=O)=O. The first-order valence-electron chi connectivity index (χ1n) is 6.18. The van der Waals surface area contributed by atoms with Crippen LogP contribution in [0.5, 0.6) is 5.75 Å². The Kier molecular flexibility index (Phi) is 3.85. The van der Waals surface area contributed by atoms with Crippen LogP contribution in [0.4, 0.5) is 0 Å². The molecule has 1 atom stereocenters. The van der Waals surface area contributed by atoms with Gasteiger partial charge >= 0.3 is 0 Å². The van der Waals surface area contributed by atoms with Gasteiger partial charge in [-0.1, -0.05) is 6.07 Å². The van der Waals surface area contributed by atoms with E-state index in [0.29, 0.717) is 6.42 Å². The number of aryl methyl sites for hydroxylation is 1. The molecular weight excluding hydrogens is 266 g/mol. The van der Waals surface area contributed by atoms with Gasteiger partial charge in [-0.2, -0.15) is 0 Å².